The molecule has 0 aromatic heterocycles. The highest BCUT2D eigenvalue weighted by molar-refractivity contribution is 5.58. The minimum absolute atomic E-state index is 1.06. The summed E-state index contributed by atoms with van der Waals surface area (Å²) in [5.41, 5.74) is 4.39. The molecule has 1 aliphatic rings. The average Bonchev–Trinajstić information content (AvgIpc) is 2.67. The molecule has 0 spiro atoms. The van der Waals surface area contributed by atoms with E-state index in [0.29, 0.717) is 0 Å². The van der Waals surface area contributed by atoms with E-state index in [4.69, 9.17) is 0 Å². The van der Waals surface area contributed by atoms with E-state index >= 15 is 0 Å². The minimum atomic E-state index is 1.06. The first-order valence-electron chi connectivity index (χ1n) is 5.47. The molecular weight excluding hydrogens is 172 g/mol. The zero-order valence-corrected chi connectivity index (χ0v) is 8.77. The second-order valence-electron chi connectivity index (χ2n) is 3.72. The van der Waals surface area contributed by atoms with E-state index < -0.39 is 0 Å². The molecule has 0 atom stereocenters. The average molecular weight is 190 g/mol. The number of hydrogen-bond acceptors (Lipinski definition) is 2. The van der Waals surface area contributed by atoms with Crippen LogP contribution in [-0.4, -0.2) is 19.6 Å². The van der Waals surface area contributed by atoms with Crippen molar-refractivity contribution in [1.29, 1.82) is 0 Å². The summed E-state index contributed by atoms with van der Waals surface area (Å²) in [6.45, 7) is 5.41. The maximum atomic E-state index is 3.41. The number of nitrogens with one attached hydrogen (secondary N) is 2. The van der Waals surface area contributed by atoms with Crippen LogP contribution < -0.4 is 10.6 Å². The molecule has 0 radical (unpaired) electrons. The fraction of sp³-hybridized carbons (Fsp3) is 0.500. The van der Waals surface area contributed by atoms with Gasteiger partial charge in [0.15, 0.2) is 0 Å². The van der Waals surface area contributed by atoms with Gasteiger partial charge in [-0.25, -0.2) is 0 Å². The first-order valence-corrected chi connectivity index (χ1v) is 5.47. The van der Waals surface area contributed by atoms with Crippen molar-refractivity contribution in [3.63, 3.8) is 0 Å². The summed E-state index contributed by atoms with van der Waals surface area (Å²) in [6.07, 6.45) is 2.34. The molecule has 2 N–H and O–H groups in total. The van der Waals surface area contributed by atoms with Crippen LogP contribution in [0.25, 0.3) is 0 Å². The highest BCUT2D eigenvalue weighted by Crippen LogP contribution is 2.25. The van der Waals surface area contributed by atoms with Crippen molar-refractivity contribution in [2.45, 2.75) is 19.8 Å². The highest BCUT2D eigenvalue weighted by Gasteiger charge is 2.12. The lowest BCUT2D eigenvalue weighted by Gasteiger charge is -2.07. The molecule has 0 amide bonds. The van der Waals surface area contributed by atoms with Gasteiger partial charge in [0, 0.05) is 12.2 Å². The molecule has 0 unspecified atom stereocenters. The minimum Gasteiger partial charge on any atom is -0.384 e. The Balaban J connectivity index is 2.06. The fourth-order valence-corrected chi connectivity index (χ4v) is 2.05. The Bertz CT molecular complexity index is 307. The van der Waals surface area contributed by atoms with Crippen LogP contribution in [0.5, 0.6) is 0 Å². The molecule has 0 saturated heterocycles. The molecule has 0 bridgehead atoms. The summed E-state index contributed by atoms with van der Waals surface area (Å²) in [6, 6.07) is 6.58. The monoisotopic (exact) mass is 190 g/mol. The van der Waals surface area contributed by atoms with Crippen LogP contribution >= 0.6 is 0 Å². The zero-order valence-electron chi connectivity index (χ0n) is 8.77. The van der Waals surface area contributed by atoms with Crippen molar-refractivity contribution in [2.75, 3.05) is 25.0 Å². The summed E-state index contributed by atoms with van der Waals surface area (Å²) in [7, 11) is 0. The van der Waals surface area contributed by atoms with Crippen LogP contribution in [0.1, 0.15) is 18.1 Å². The van der Waals surface area contributed by atoms with E-state index in [-0.39, 0.29) is 0 Å². The Morgan fingerprint density at radius 2 is 2.36 bits per heavy atom. The molecule has 1 aromatic rings. The smallest absolute Gasteiger partial charge is 0.0376 e. The third-order valence-corrected chi connectivity index (χ3v) is 2.78. The second-order valence-corrected chi connectivity index (χ2v) is 3.72. The summed E-state index contributed by atoms with van der Waals surface area (Å²) >= 11 is 0. The summed E-state index contributed by atoms with van der Waals surface area (Å²) in [5, 5.41) is 6.78. The Kier molecular flexibility index (Phi) is 3.04. The van der Waals surface area contributed by atoms with Crippen LogP contribution in [0, 0.1) is 0 Å². The van der Waals surface area contributed by atoms with Crippen LogP contribution in [0.2, 0.25) is 0 Å². The molecule has 0 aliphatic carbocycles. The number of fused-ring (bicyclic) bond motifs is 1. The lowest BCUT2D eigenvalue weighted by atomic mass is 10.0. The Hall–Kier alpha value is -1.02. The van der Waals surface area contributed by atoms with Gasteiger partial charge >= 0.3 is 0 Å². The molecule has 2 heteroatoms. The van der Waals surface area contributed by atoms with E-state index in [0.717, 1.165) is 26.1 Å². The normalized spacial score (nSPS) is 13.8. The number of benzene rings is 1. The lowest BCUT2D eigenvalue weighted by Crippen LogP contribution is -2.16. The van der Waals surface area contributed by atoms with Gasteiger partial charge in [-0.2, -0.15) is 0 Å². The van der Waals surface area contributed by atoms with Crippen molar-refractivity contribution in [3.8, 4) is 0 Å². The number of likely N-dealkylation sites (N-methyl/N-ethyl adjacent to an activating group) is 1. The standard InChI is InChI=1S/C12H18N2/c1-2-13-8-6-10-4-3-5-12-11(10)7-9-14-12/h3-5,13-14H,2,6-9H2,1H3. The molecule has 0 fully saturated rings. The van der Waals surface area contributed by atoms with Crippen LogP contribution in [0.3, 0.4) is 0 Å². The third kappa shape index (κ3) is 1.90. The van der Waals surface area contributed by atoms with Crippen molar-refractivity contribution in [1.82, 2.24) is 5.32 Å². The maximum absolute atomic E-state index is 3.41. The Morgan fingerprint density at radius 3 is 3.21 bits per heavy atom. The maximum Gasteiger partial charge on any atom is 0.0376 e. The van der Waals surface area contributed by atoms with Crippen LogP contribution in [0.4, 0.5) is 5.69 Å². The Morgan fingerprint density at radius 1 is 1.43 bits per heavy atom. The topological polar surface area (TPSA) is 24.1 Å². The van der Waals surface area contributed by atoms with Gasteiger partial charge in [0.05, 0.1) is 0 Å². The zero-order chi connectivity index (χ0) is 9.80. The number of hydrogen-bond donors (Lipinski definition) is 2. The van der Waals surface area contributed by atoms with Crippen molar-refractivity contribution in [2.24, 2.45) is 0 Å². The fourth-order valence-electron chi connectivity index (χ4n) is 2.05. The molecular formula is C12H18N2. The van der Waals surface area contributed by atoms with Gasteiger partial charge in [0.1, 0.15) is 0 Å². The molecule has 14 heavy (non-hydrogen) atoms. The summed E-state index contributed by atoms with van der Waals surface area (Å²) in [4.78, 5) is 0. The molecule has 0 saturated carbocycles. The SMILES string of the molecule is CCNCCc1cccc2c1CCN2. The van der Waals surface area contributed by atoms with Gasteiger partial charge in [0.2, 0.25) is 0 Å². The molecule has 76 valence electrons. The Labute approximate surface area is 85.7 Å². The second kappa shape index (κ2) is 4.47. The van der Waals surface area contributed by atoms with E-state index in [1.165, 1.54) is 23.2 Å². The van der Waals surface area contributed by atoms with E-state index in [1.807, 2.05) is 0 Å². The first kappa shape index (κ1) is 9.53. The van der Waals surface area contributed by atoms with Gasteiger partial charge in [0.25, 0.3) is 0 Å². The van der Waals surface area contributed by atoms with E-state index in [1.54, 1.807) is 0 Å². The predicted octanol–water partition coefficient (Wildman–Crippen LogP) is 1.81. The quantitative estimate of drug-likeness (QED) is 0.708. The van der Waals surface area contributed by atoms with Gasteiger partial charge in [-0.1, -0.05) is 19.1 Å². The van der Waals surface area contributed by atoms with Crippen molar-refractivity contribution >= 4 is 5.69 Å². The molecule has 1 heterocycles. The van der Waals surface area contributed by atoms with Gasteiger partial charge < -0.3 is 10.6 Å². The van der Waals surface area contributed by atoms with Gasteiger partial charge in [-0.3, -0.25) is 0 Å². The molecule has 1 aromatic carbocycles. The summed E-state index contributed by atoms with van der Waals surface area (Å²) in [5.74, 6) is 0. The van der Waals surface area contributed by atoms with E-state index in [9.17, 15) is 0 Å². The molecule has 2 rings (SSSR count). The van der Waals surface area contributed by atoms with Gasteiger partial charge in [-0.05, 0) is 43.1 Å². The molecule has 2 nitrogen and oxygen atoms in total. The van der Waals surface area contributed by atoms with Crippen LogP contribution in [0.15, 0.2) is 18.2 Å². The highest BCUT2D eigenvalue weighted by atomic mass is 14.9. The predicted molar refractivity (Wildman–Crippen MR) is 60.9 cm³/mol. The number of rotatable bonds is 4. The first-order chi connectivity index (χ1) is 6.92. The third-order valence-electron chi connectivity index (χ3n) is 2.78. The van der Waals surface area contributed by atoms with E-state index in [2.05, 4.69) is 35.8 Å². The van der Waals surface area contributed by atoms with Gasteiger partial charge in [-0.15, -0.1) is 0 Å². The van der Waals surface area contributed by atoms with Crippen molar-refractivity contribution in [3.05, 3.63) is 29.3 Å². The molecule has 1 aliphatic heterocycles. The lowest BCUT2D eigenvalue weighted by molar-refractivity contribution is 0.714. The largest absolute Gasteiger partial charge is 0.384 e. The van der Waals surface area contributed by atoms with Crippen LogP contribution in [-0.2, 0) is 12.8 Å². The number of anilines is 1. The van der Waals surface area contributed by atoms with Crippen molar-refractivity contribution < 1.29 is 0 Å². The summed E-state index contributed by atoms with van der Waals surface area (Å²) < 4.78 is 0.